The molecule has 0 aliphatic carbocycles. The number of carbonyl (C=O) groups excluding carboxylic acids is 1. The van der Waals surface area contributed by atoms with E-state index in [0.29, 0.717) is 30.9 Å². The smallest absolute Gasteiger partial charge is 0.256 e. The number of nitrogens with two attached hydrogens (primary N) is 1. The summed E-state index contributed by atoms with van der Waals surface area (Å²) < 4.78 is 15.0. The molecule has 0 amide bonds. The van der Waals surface area contributed by atoms with Gasteiger partial charge in [-0.15, -0.1) is 0 Å². The van der Waals surface area contributed by atoms with E-state index >= 15 is 0 Å². The second-order valence-electron chi connectivity index (χ2n) is 6.68. The Balaban J connectivity index is 1.69. The molecule has 1 aromatic carbocycles. The number of nitrogen functional groups attached to an aromatic ring is 1. The largest absolute Gasteiger partial charge is 0.385 e. The molecular weight excluding hydrogens is 321 g/mol. The molecule has 0 radical (unpaired) electrons. The molecular formula is C18H22FN5O. The first-order valence-corrected chi connectivity index (χ1v) is 8.74. The first kappa shape index (κ1) is 16.1. The van der Waals surface area contributed by atoms with Crippen LogP contribution in [0.5, 0.6) is 0 Å². The number of nitrogens with one attached hydrogen (secondary N) is 1. The summed E-state index contributed by atoms with van der Waals surface area (Å²) >= 11 is 0. The third-order valence-corrected chi connectivity index (χ3v) is 5.25. The molecule has 7 heteroatoms. The highest BCUT2D eigenvalue weighted by Crippen LogP contribution is 2.34. The van der Waals surface area contributed by atoms with Crippen molar-refractivity contribution in [3.8, 4) is 0 Å². The Morgan fingerprint density at radius 1 is 1.48 bits per heavy atom. The number of fused-ring (bicyclic) bond motifs is 2. The average molecular weight is 343 g/mol. The van der Waals surface area contributed by atoms with E-state index in [-0.39, 0.29) is 11.7 Å². The zero-order valence-electron chi connectivity index (χ0n) is 14.3. The van der Waals surface area contributed by atoms with Gasteiger partial charge in [-0.2, -0.15) is 9.78 Å². The fourth-order valence-corrected chi connectivity index (χ4v) is 3.80. The van der Waals surface area contributed by atoms with Gasteiger partial charge < -0.3 is 11.1 Å². The second-order valence-corrected chi connectivity index (χ2v) is 6.68. The minimum Gasteiger partial charge on any atom is -0.385 e. The minimum absolute atomic E-state index is 0.178. The summed E-state index contributed by atoms with van der Waals surface area (Å²) in [6.07, 6.45) is 1.40. The maximum Gasteiger partial charge on any atom is 0.256 e. The van der Waals surface area contributed by atoms with Crippen LogP contribution in [0.4, 0.5) is 15.9 Å². The molecule has 0 spiro atoms. The lowest BCUT2D eigenvalue weighted by atomic mass is 9.90. The predicted octanol–water partition coefficient (Wildman–Crippen LogP) is 2.22. The van der Waals surface area contributed by atoms with Crippen LogP contribution in [-0.4, -0.2) is 40.2 Å². The molecule has 25 heavy (non-hydrogen) atoms. The Hall–Kier alpha value is -2.41. The number of rotatable bonds is 2. The third kappa shape index (κ3) is 2.68. The van der Waals surface area contributed by atoms with Gasteiger partial charge in [-0.25, -0.2) is 4.39 Å². The summed E-state index contributed by atoms with van der Waals surface area (Å²) in [7, 11) is 0. The standard InChI is InChI=1S/C18H22FN5O/c1-2-23-8-6-13-16(10-23)22-24(17(13)20)18(25)12-5-7-21-15-4-3-11(19)9-14(12)15/h3-4,9,12,21H,2,5-8,10,20H2,1H3/t12-/m0/s1. The van der Waals surface area contributed by atoms with Crippen LogP contribution >= 0.6 is 0 Å². The Morgan fingerprint density at radius 2 is 2.32 bits per heavy atom. The Morgan fingerprint density at radius 3 is 3.12 bits per heavy atom. The van der Waals surface area contributed by atoms with Gasteiger partial charge in [-0.1, -0.05) is 6.92 Å². The molecule has 0 fully saturated rings. The van der Waals surface area contributed by atoms with Crippen LogP contribution in [0.3, 0.4) is 0 Å². The van der Waals surface area contributed by atoms with Crippen molar-refractivity contribution in [1.29, 1.82) is 0 Å². The number of hydrogen-bond acceptors (Lipinski definition) is 5. The molecule has 6 nitrogen and oxygen atoms in total. The van der Waals surface area contributed by atoms with E-state index in [1.165, 1.54) is 16.8 Å². The number of hydrogen-bond donors (Lipinski definition) is 2. The number of anilines is 2. The molecule has 0 unspecified atom stereocenters. The molecule has 3 N–H and O–H groups in total. The van der Waals surface area contributed by atoms with E-state index in [1.807, 2.05) is 0 Å². The van der Waals surface area contributed by atoms with E-state index < -0.39 is 5.92 Å². The number of aromatic nitrogens is 2. The highest BCUT2D eigenvalue weighted by Gasteiger charge is 2.32. The van der Waals surface area contributed by atoms with Crippen molar-refractivity contribution in [2.45, 2.75) is 32.2 Å². The molecule has 0 saturated heterocycles. The van der Waals surface area contributed by atoms with Gasteiger partial charge >= 0.3 is 0 Å². The Kier molecular flexibility index (Phi) is 3.95. The van der Waals surface area contributed by atoms with Crippen LogP contribution in [0.25, 0.3) is 0 Å². The molecule has 1 atom stereocenters. The lowest BCUT2D eigenvalue weighted by Crippen LogP contribution is -2.30. The Labute approximate surface area is 145 Å². The topological polar surface area (TPSA) is 76.2 Å². The highest BCUT2D eigenvalue weighted by molar-refractivity contribution is 5.90. The molecule has 3 heterocycles. The second kappa shape index (κ2) is 6.15. The highest BCUT2D eigenvalue weighted by atomic mass is 19.1. The average Bonchev–Trinajstić information content (AvgIpc) is 2.96. The summed E-state index contributed by atoms with van der Waals surface area (Å²) in [5.41, 5.74) is 9.58. The number of likely N-dealkylation sites (N-methyl/N-ethyl adjacent to an activating group) is 1. The zero-order valence-corrected chi connectivity index (χ0v) is 14.3. The summed E-state index contributed by atoms with van der Waals surface area (Å²) in [6, 6.07) is 4.52. The fourth-order valence-electron chi connectivity index (χ4n) is 3.80. The fraction of sp³-hybridized carbons (Fsp3) is 0.444. The number of halogens is 1. The van der Waals surface area contributed by atoms with Crippen molar-refractivity contribution >= 4 is 17.4 Å². The van der Waals surface area contributed by atoms with Crippen molar-refractivity contribution in [2.24, 2.45) is 0 Å². The SMILES string of the molecule is CCN1CCc2c(nn(C(=O)[C@H]3CCNc4ccc(F)cc43)c2N)C1. The van der Waals surface area contributed by atoms with Crippen molar-refractivity contribution < 1.29 is 9.18 Å². The van der Waals surface area contributed by atoms with E-state index in [9.17, 15) is 9.18 Å². The van der Waals surface area contributed by atoms with Crippen LogP contribution in [0.15, 0.2) is 18.2 Å². The normalized spacial score (nSPS) is 19.8. The van der Waals surface area contributed by atoms with Gasteiger partial charge in [0.25, 0.3) is 5.91 Å². The molecule has 2 aliphatic heterocycles. The van der Waals surface area contributed by atoms with E-state index in [4.69, 9.17) is 5.73 Å². The Bertz CT molecular complexity index is 831. The van der Waals surface area contributed by atoms with Crippen LogP contribution in [0, 0.1) is 5.82 Å². The van der Waals surface area contributed by atoms with Crippen LogP contribution < -0.4 is 11.1 Å². The zero-order chi connectivity index (χ0) is 17.6. The van der Waals surface area contributed by atoms with Crippen molar-refractivity contribution in [2.75, 3.05) is 30.7 Å². The van der Waals surface area contributed by atoms with Crippen LogP contribution in [0.1, 0.15) is 40.9 Å². The van der Waals surface area contributed by atoms with Gasteiger partial charge in [0.15, 0.2) is 0 Å². The van der Waals surface area contributed by atoms with Crippen LogP contribution in [-0.2, 0) is 13.0 Å². The van der Waals surface area contributed by atoms with Crippen molar-refractivity contribution in [3.05, 3.63) is 40.8 Å². The number of nitrogens with zero attached hydrogens (tertiary/aromatic N) is 3. The van der Waals surface area contributed by atoms with E-state index in [1.54, 1.807) is 6.07 Å². The van der Waals surface area contributed by atoms with E-state index in [2.05, 4.69) is 22.2 Å². The van der Waals surface area contributed by atoms with Gasteiger partial charge in [-0.05, 0) is 43.1 Å². The minimum atomic E-state index is -0.433. The molecule has 2 aliphatic rings. The first-order chi connectivity index (χ1) is 12.1. The van der Waals surface area contributed by atoms with Gasteiger partial charge in [0.1, 0.15) is 11.6 Å². The lowest BCUT2D eigenvalue weighted by Gasteiger charge is -2.25. The van der Waals surface area contributed by atoms with Crippen molar-refractivity contribution in [3.63, 3.8) is 0 Å². The van der Waals surface area contributed by atoms with Gasteiger partial charge in [0.2, 0.25) is 0 Å². The summed E-state index contributed by atoms with van der Waals surface area (Å²) in [5.74, 6) is -0.514. The molecule has 0 saturated carbocycles. The summed E-state index contributed by atoms with van der Waals surface area (Å²) in [5, 5.41) is 7.72. The van der Waals surface area contributed by atoms with Gasteiger partial charge in [-0.3, -0.25) is 9.69 Å². The van der Waals surface area contributed by atoms with E-state index in [0.717, 1.165) is 36.5 Å². The van der Waals surface area contributed by atoms with Gasteiger partial charge in [0, 0.05) is 30.9 Å². The molecule has 4 rings (SSSR count). The first-order valence-electron chi connectivity index (χ1n) is 8.74. The maximum atomic E-state index is 13.7. The predicted molar refractivity (Wildman–Crippen MR) is 94.2 cm³/mol. The maximum absolute atomic E-state index is 13.7. The molecule has 1 aromatic heterocycles. The third-order valence-electron chi connectivity index (χ3n) is 5.25. The summed E-state index contributed by atoms with van der Waals surface area (Å²) in [4.78, 5) is 15.4. The number of benzene rings is 1. The van der Waals surface area contributed by atoms with Gasteiger partial charge in [0.05, 0.1) is 11.6 Å². The van der Waals surface area contributed by atoms with Crippen molar-refractivity contribution in [1.82, 2.24) is 14.7 Å². The van der Waals surface area contributed by atoms with Crippen LogP contribution in [0.2, 0.25) is 0 Å². The number of carbonyl (C=O) groups is 1. The summed E-state index contributed by atoms with van der Waals surface area (Å²) in [6.45, 7) is 5.36. The monoisotopic (exact) mass is 343 g/mol. The molecule has 0 bridgehead atoms. The molecule has 132 valence electrons. The quantitative estimate of drug-likeness (QED) is 0.874. The lowest BCUT2D eigenvalue weighted by molar-refractivity contribution is 0.0858. The molecule has 2 aromatic rings.